The highest BCUT2D eigenvalue weighted by Gasteiger charge is 2.26. The zero-order chi connectivity index (χ0) is 18.4. The number of carboxylic acid groups (broad SMARTS) is 1. The molecule has 2 rings (SSSR count). The lowest BCUT2D eigenvalue weighted by molar-refractivity contribution is -0.143. The Morgan fingerprint density at radius 2 is 1.88 bits per heavy atom. The van der Waals surface area contributed by atoms with Gasteiger partial charge < -0.3 is 24.2 Å². The molecule has 1 atom stereocenters. The predicted molar refractivity (Wildman–Crippen MR) is 91.8 cm³/mol. The van der Waals surface area contributed by atoms with Gasteiger partial charge in [-0.15, -0.1) is 0 Å². The van der Waals surface area contributed by atoms with Crippen molar-refractivity contribution in [2.75, 3.05) is 41.0 Å². The molecule has 1 heterocycles. The van der Waals surface area contributed by atoms with Crippen LogP contribution in [-0.2, 0) is 4.79 Å². The Balaban J connectivity index is 2.07. The van der Waals surface area contributed by atoms with Crippen LogP contribution in [0.25, 0.3) is 0 Å². The molecule has 25 heavy (non-hydrogen) atoms. The summed E-state index contributed by atoms with van der Waals surface area (Å²) in [5.74, 6) is 0.0530. The second-order valence-electron chi connectivity index (χ2n) is 6.03. The van der Waals surface area contributed by atoms with Gasteiger partial charge in [0, 0.05) is 19.5 Å². The topological polar surface area (TPSA) is 85.3 Å². The monoisotopic (exact) mass is 351 g/mol. The fourth-order valence-electron chi connectivity index (χ4n) is 3.18. The normalized spacial score (nSPS) is 17.8. The first-order valence-corrected chi connectivity index (χ1v) is 8.29. The number of hydrogen-bond acceptors (Lipinski definition) is 6. The molecule has 1 aromatic carbocycles. The van der Waals surface area contributed by atoms with Gasteiger partial charge in [-0.3, -0.25) is 9.59 Å². The number of carbonyl (C=O) groups excluding carboxylic acids is 1. The SMILES string of the molecule is COc1ccc(C(=O)CCN2CCCC(C(=O)O)C2)c(OC)c1OC. The summed E-state index contributed by atoms with van der Waals surface area (Å²) in [7, 11) is 4.50. The Hall–Kier alpha value is -2.28. The highest BCUT2D eigenvalue weighted by atomic mass is 16.5. The maximum Gasteiger partial charge on any atom is 0.307 e. The molecule has 138 valence electrons. The van der Waals surface area contributed by atoms with Gasteiger partial charge >= 0.3 is 5.97 Å². The van der Waals surface area contributed by atoms with Crippen LogP contribution in [0.4, 0.5) is 0 Å². The van der Waals surface area contributed by atoms with Crippen molar-refractivity contribution < 1.29 is 28.9 Å². The summed E-state index contributed by atoms with van der Waals surface area (Å²) in [6.07, 6.45) is 1.83. The predicted octanol–water partition coefficient (Wildman–Crippen LogP) is 2.08. The quantitative estimate of drug-likeness (QED) is 0.718. The summed E-state index contributed by atoms with van der Waals surface area (Å²) in [5, 5.41) is 9.15. The van der Waals surface area contributed by atoms with Crippen LogP contribution < -0.4 is 14.2 Å². The lowest BCUT2D eigenvalue weighted by Gasteiger charge is -2.30. The van der Waals surface area contributed by atoms with E-state index < -0.39 is 5.97 Å². The fraction of sp³-hybridized carbons (Fsp3) is 0.556. The molecule has 0 aromatic heterocycles. The van der Waals surface area contributed by atoms with Crippen molar-refractivity contribution >= 4 is 11.8 Å². The summed E-state index contributed by atoms with van der Waals surface area (Å²) in [4.78, 5) is 25.8. The molecule has 0 amide bonds. The molecule has 0 bridgehead atoms. The molecule has 1 fully saturated rings. The van der Waals surface area contributed by atoms with E-state index in [9.17, 15) is 9.59 Å². The molecular weight excluding hydrogens is 326 g/mol. The van der Waals surface area contributed by atoms with Crippen LogP contribution >= 0.6 is 0 Å². The lowest BCUT2D eigenvalue weighted by Crippen LogP contribution is -2.39. The molecule has 7 nitrogen and oxygen atoms in total. The highest BCUT2D eigenvalue weighted by molar-refractivity contribution is 6.00. The van der Waals surface area contributed by atoms with E-state index in [2.05, 4.69) is 0 Å². The number of nitrogens with zero attached hydrogens (tertiary/aromatic N) is 1. The fourth-order valence-corrected chi connectivity index (χ4v) is 3.18. The molecule has 1 aliphatic rings. The molecular formula is C18H25NO6. The number of ether oxygens (including phenoxy) is 3. The van der Waals surface area contributed by atoms with E-state index in [-0.39, 0.29) is 18.1 Å². The van der Waals surface area contributed by atoms with Gasteiger partial charge in [0.2, 0.25) is 5.75 Å². The Morgan fingerprint density at radius 3 is 2.48 bits per heavy atom. The summed E-state index contributed by atoms with van der Waals surface area (Å²) in [5.41, 5.74) is 0.437. The zero-order valence-electron chi connectivity index (χ0n) is 14.9. The Labute approximate surface area is 147 Å². The largest absolute Gasteiger partial charge is 0.493 e. The number of rotatable bonds is 8. The molecule has 7 heteroatoms. The second kappa shape index (κ2) is 8.71. The summed E-state index contributed by atoms with van der Waals surface area (Å²) < 4.78 is 15.9. The smallest absolute Gasteiger partial charge is 0.307 e. The third-order valence-corrected chi connectivity index (χ3v) is 4.51. The van der Waals surface area contributed by atoms with Crippen molar-refractivity contribution in [2.24, 2.45) is 5.92 Å². The summed E-state index contributed by atoms with van der Waals surface area (Å²) in [6.45, 7) is 1.84. The Kier molecular flexibility index (Phi) is 6.64. The number of carbonyl (C=O) groups is 2. The van der Waals surface area contributed by atoms with Crippen LogP contribution in [0.1, 0.15) is 29.6 Å². The summed E-state index contributed by atoms with van der Waals surface area (Å²) in [6, 6.07) is 3.34. The van der Waals surface area contributed by atoms with Crippen LogP contribution in [0.3, 0.4) is 0 Å². The first-order chi connectivity index (χ1) is 12.0. The van der Waals surface area contributed by atoms with Crippen LogP contribution in [-0.4, -0.2) is 62.7 Å². The maximum absolute atomic E-state index is 12.6. The number of ketones is 1. The van der Waals surface area contributed by atoms with Crippen molar-refractivity contribution in [2.45, 2.75) is 19.3 Å². The van der Waals surface area contributed by atoms with Crippen LogP contribution in [0.5, 0.6) is 17.2 Å². The minimum absolute atomic E-state index is 0.0738. The third kappa shape index (κ3) is 4.42. The van der Waals surface area contributed by atoms with Crippen molar-refractivity contribution in [1.29, 1.82) is 0 Å². The summed E-state index contributed by atoms with van der Waals surface area (Å²) >= 11 is 0. The number of carboxylic acids is 1. The Bertz CT molecular complexity index is 630. The number of aliphatic carboxylic acids is 1. The molecule has 1 aromatic rings. The van der Waals surface area contributed by atoms with E-state index in [1.165, 1.54) is 21.3 Å². The van der Waals surface area contributed by atoms with Gasteiger partial charge in [0.25, 0.3) is 0 Å². The average molecular weight is 351 g/mol. The van der Waals surface area contributed by atoms with Crippen LogP contribution in [0.15, 0.2) is 12.1 Å². The van der Waals surface area contributed by atoms with E-state index in [1.807, 2.05) is 4.90 Å². The molecule has 0 radical (unpaired) electrons. The van der Waals surface area contributed by atoms with Gasteiger partial charge in [0.1, 0.15) is 0 Å². The van der Waals surface area contributed by atoms with Crippen molar-refractivity contribution in [1.82, 2.24) is 4.90 Å². The van der Waals surface area contributed by atoms with Gasteiger partial charge in [-0.1, -0.05) is 0 Å². The first kappa shape index (κ1) is 19.1. The van der Waals surface area contributed by atoms with Crippen molar-refractivity contribution in [3.8, 4) is 17.2 Å². The van der Waals surface area contributed by atoms with Gasteiger partial charge in [-0.05, 0) is 31.5 Å². The average Bonchev–Trinajstić information content (AvgIpc) is 2.64. The molecule has 1 saturated heterocycles. The zero-order valence-corrected chi connectivity index (χ0v) is 14.9. The van der Waals surface area contributed by atoms with Crippen molar-refractivity contribution in [3.63, 3.8) is 0 Å². The molecule has 0 aliphatic carbocycles. The van der Waals surface area contributed by atoms with Gasteiger partial charge in [0.15, 0.2) is 17.3 Å². The third-order valence-electron chi connectivity index (χ3n) is 4.51. The number of benzene rings is 1. The maximum atomic E-state index is 12.6. The number of hydrogen-bond donors (Lipinski definition) is 1. The highest BCUT2D eigenvalue weighted by Crippen LogP contribution is 2.40. The minimum atomic E-state index is -0.766. The van der Waals surface area contributed by atoms with Crippen LogP contribution in [0.2, 0.25) is 0 Å². The van der Waals surface area contributed by atoms with Crippen LogP contribution in [0, 0.1) is 5.92 Å². The number of piperidine rings is 1. The Morgan fingerprint density at radius 1 is 1.16 bits per heavy atom. The van der Waals surface area contributed by atoms with Gasteiger partial charge in [-0.25, -0.2) is 0 Å². The molecule has 1 unspecified atom stereocenters. The number of Topliss-reactive ketones (excluding diaryl/α,β-unsaturated/α-hetero) is 1. The number of methoxy groups -OCH3 is 3. The van der Waals surface area contributed by atoms with E-state index >= 15 is 0 Å². The van der Waals surface area contributed by atoms with E-state index in [4.69, 9.17) is 19.3 Å². The molecule has 0 spiro atoms. The van der Waals surface area contributed by atoms with Gasteiger partial charge in [-0.2, -0.15) is 0 Å². The first-order valence-electron chi connectivity index (χ1n) is 8.29. The lowest BCUT2D eigenvalue weighted by atomic mass is 9.97. The molecule has 1 aliphatic heterocycles. The standard InChI is InChI=1S/C18H25NO6/c1-23-15-7-6-13(16(24-2)17(15)25-3)14(20)8-10-19-9-4-5-12(11-19)18(21)22/h6-7,12H,4-5,8-11H2,1-3H3,(H,21,22). The molecule has 1 N–H and O–H groups in total. The van der Waals surface area contributed by atoms with Gasteiger partial charge in [0.05, 0.1) is 32.8 Å². The van der Waals surface area contributed by atoms with Crippen molar-refractivity contribution in [3.05, 3.63) is 17.7 Å². The molecule has 0 saturated carbocycles. The second-order valence-corrected chi connectivity index (χ2v) is 6.03. The van der Waals surface area contributed by atoms with E-state index in [1.54, 1.807) is 12.1 Å². The van der Waals surface area contributed by atoms with E-state index in [0.717, 1.165) is 13.0 Å². The van der Waals surface area contributed by atoms with E-state index in [0.29, 0.717) is 42.3 Å². The number of likely N-dealkylation sites (tertiary alicyclic amines) is 1. The minimum Gasteiger partial charge on any atom is -0.493 e.